The van der Waals surface area contributed by atoms with E-state index in [1.165, 1.54) is 21.4 Å². The number of sulfone groups is 1. The summed E-state index contributed by atoms with van der Waals surface area (Å²) in [4.78, 5) is 28.6. The van der Waals surface area contributed by atoms with E-state index >= 15 is 0 Å². The molecule has 2 heterocycles. The Hall–Kier alpha value is -3.08. The molecule has 0 amide bonds. The van der Waals surface area contributed by atoms with Gasteiger partial charge in [0.15, 0.2) is 21.4 Å². The van der Waals surface area contributed by atoms with Crippen molar-refractivity contribution in [3.05, 3.63) is 64.6 Å². The Labute approximate surface area is 217 Å². The second kappa shape index (κ2) is 11.5. The van der Waals surface area contributed by atoms with Crippen LogP contribution in [0.15, 0.2) is 58.2 Å². The van der Waals surface area contributed by atoms with Crippen LogP contribution in [0.1, 0.15) is 25.8 Å². The standard InChI is InChI=1S/C27H34N4O5S/c1-20(2)17-24(32)19-30-26(22-5-4-6-25(18-22)37(3,34)35)28-31(27(30)33)23-9-7-21(8-10-23)11-12-29-13-15-36-16-14-29/h4-10,18,20H,11-17,19H2,1-3H3. The third-order valence-electron chi connectivity index (χ3n) is 6.35. The number of aromatic nitrogens is 3. The monoisotopic (exact) mass is 526 g/mol. The number of benzene rings is 2. The lowest BCUT2D eigenvalue weighted by Gasteiger charge is -2.26. The second-order valence-corrected chi connectivity index (χ2v) is 11.9. The molecule has 2 aromatic carbocycles. The number of nitrogens with zero attached hydrogens (tertiary/aromatic N) is 4. The van der Waals surface area contributed by atoms with E-state index in [-0.39, 0.29) is 29.0 Å². The molecule has 1 aliphatic heterocycles. The summed E-state index contributed by atoms with van der Waals surface area (Å²) in [6.07, 6.45) is 2.35. The van der Waals surface area contributed by atoms with Crippen LogP contribution in [0.4, 0.5) is 0 Å². The number of ketones is 1. The van der Waals surface area contributed by atoms with E-state index < -0.39 is 15.5 Å². The molecule has 4 rings (SSSR count). The zero-order valence-corrected chi connectivity index (χ0v) is 22.4. The van der Waals surface area contributed by atoms with E-state index in [4.69, 9.17) is 4.74 Å². The lowest BCUT2D eigenvalue weighted by molar-refractivity contribution is -0.120. The van der Waals surface area contributed by atoms with Gasteiger partial charge < -0.3 is 4.74 Å². The van der Waals surface area contributed by atoms with Crippen LogP contribution in [-0.4, -0.2) is 72.6 Å². The molecule has 0 radical (unpaired) electrons. The van der Waals surface area contributed by atoms with Crippen molar-refractivity contribution in [1.82, 2.24) is 19.2 Å². The quantitative estimate of drug-likeness (QED) is 0.400. The second-order valence-electron chi connectivity index (χ2n) is 9.91. The molecule has 10 heteroatoms. The summed E-state index contributed by atoms with van der Waals surface area (Å²) in [6, 6.07) is 13.9. The zero-order chi connectivity index (χ0) is 26.6. The van der Waals surface area contributed by atoms with Gasteiger partial charge in [-0.2, -0.15) is 4.68 Å². The van der Waals surface area contributed by atoms with Gasteiger partial charge in [-0.15, -0.1) is 5.10 Å². The highest BCUT2D eigenvalue weighted by molar-refractivity contribution is 7.90. The van der Waals surface area contributed by atoms with Crippen LogP contribution < -0.4 is 5.69 Å². The first kappa shape index (κ1) is 27.0. The van der Waals surface area contributed by atoms with E-state index in [1.54, 1.807) is 12.1 Å². The molecule has 198 valence electrons. The molecular weight excluding hydrogens is 492 g/mol. The molecule has 9 nitrogen and oxygen atoms in total. The number of hydrogen-bond donors (Lipinski definition) is 0. The van der Waals surface area contributed by atoms with Crippen molar-refractivity contribution in [2.24, 2.45) is 5.92 Å². The molecule has 1 fully saturated rings. The SMILES string of the molecule is CC(C)CC(=O)Cn1c(-c2cccc(S(C)(=O)=O)c2)nn(-c2ccc(CCN3CCOCC3)cc2)c1=O. The van der Waals surface area contributed by atoms with Gasteiger partial charge in [-0.1, -0.05) is 38.1 Å². The molecule has 0 bridgehead atoms. The average Bonchev–Trinajstić information content (AvgIpc) is 3.18. The largest absolute Gasteiger partial charge is 0.379 e. The summed E-state index contributed by atoms with van der Waals surface area (Å²) in [7, 11) is -3.46. The van der Waals surface area contributed by atoms with Crippen LogP contribution >= 0.6 is 0 Å². The molecule has 0 spiro atoms. The van der Waals surface area contributed by atoms with Gasteiger partial charge in [0.2, 0.25) is 0 Å². The minimum absolute atomic E-state index is 0.0874. The van der Waals surface area contributed by atoms with E-state index in [2.05, 4.69) is 10.00 Å². The Morgan fingerprint density at radius 2 is 1.78 bits per heavy atom. The number of carbonyl (C=O) groups is 1. The van der Waals surface area contributed by atoms with Gasteiger partial charge in [0.05, 0.1) is 30.3 Å². The topological polar surface area (TPSA) is 104 Å². The summed E-state index contributed by atoms with van der Waals surface area (Å²) < 4.78 is 32.3. The highest BCUT2D eigenvalue weighted by atomic mass is 32.2. The average molecular weight is 527 g/mol. The smallest absolute Gasteiger partial charge is 0.351 e. The highest BCUT2D eigenvalue weighted by Gasteiger charge is 2.20. The van der Waals surface area contributed by atoms with Gasteiger partial charge in [0.25, 0.3) is 0 Å². The maximum absolute atomic E-state index is 13.5. The van der Waals surface area contributed by atoms with Gasteiger partial charge in [-0.3, -0.25) is 14.3 Å². The van der Waals surface area contributed by atoms with Gasteiger partial charge in [-0.05, 0) is 42.2 Å². The molecule has 37 heavy (non-hydrogen) atoms. The van der Waals surface area contributed by atoms with Gasteiger partial charge in [0, 0.05) is 37.9 Å². The van der Waals surface area contributed by atoms with E-state index in [9.17, 15) is 18.0 Å². The molecule has 0 aliphatic carbocycles. The van der Waals surface area contributed by atoms with Crippen LogP contribution in [-0.2, 0) is 32.3 Å². The van der Waals surface area contributed by atoms with Crippen molar-refractivity contribution in [3.63, 3.8) is 0 Å². The predicted molar refractivity (Wildman–Crippen MR) is 142 cm³/mol. The van der Waals surface area contributed by atoms with Gasteiger partial charge in [0.1, 0.15) is 0 Å². The van der Waals surface area contributed by atoms with Crippen LogP contribution in [0.3, 0.4) is 0 Å². The summed E-state index contributed by atoms with van der Waals surface area (Å²) in [5.41, 5.74) is 1.74. The molecule has 0 N–H and O–H groups in total. The molecule has 1 aromatic heterocycles. The molecule has 3 aromatic rings. The molecule has 1 saturated heterocycles. The maximum atomic E-state index is 13.5. The molecule has 0 unspecified atom stereocenters. The Balaban J connectivity index is 1.66. The number of Topliss-reactive ketones (excluding diaryl/α,β-unsaturated/α-hetero) is 1. The number of hydrogen-bond acceptors (Lipinski definition) is 7. The summed E-state index contributed by atoms with van der Waals surface area (Å²) in [5.74, 6) is 0.319. The zero-order valence-electron chi connectivity index (χ0n) is 21.6. The summed E-state index contributed by atoms with van der Waals surface area (Å²) in [6.45, 7) is 8.10. The van der Waals surface area contributed by atoms with Crippen molar-refractivity contribution < 1.29 is 17.9 Å². The van der Waals surface area contributed by atoms with Crippen LogP contribution in [0.25, 0.3) is 17.1 Å². The first-order valence-electron chi connectivity index (χ1n) is 12.5. The maximum Gasteiger partial charge on any atom is 0.351 e. The molecule has 1 aliphatic rings. The first-order valence-corrected chi connectivity index (χ1v) is 14.4. The van der Waals surface area contributed by atoms with E-state index in [0.29, 0.717) is 17.7 Å². The van der Waals surface area contributed by atoms with E-state index in [0.717, 1.165) is 51.1 Å². The Kier molecular flexibility index (Phi) is 8.41. The molecule has 0 saturated carbocycles. The first-order chi connectivity index (χ1) is 17.6. The summed E-state index contributed by atoms with van der Waals surface area (Å²) in [5, 5.41) is 4.55. The number of rotatable bonds is 10. The van der Waals surface area contributed by atoms with Crippen molar-refractivity contribution in [2.45, 2.75) is 38.1 Å². The van der Waals surface area contributed by atoms with Crippen LogP contribution in [0, 0.1) is 5.92 Å². The van der Waals surface area contributed by atoms with Crippen LogP contribution in [0.5, 0.6) is 0 Å². The van der Waals surface area contributed by atoms with Crippen molar-refractivity contribution in [2.75, 3.05) is 39.1 Å². The predicted octanol–water partition coefficient (Wildman–Crippen LogP) is 2.59. The van der Waals surface area contributed by atoms with Crippen molar-refractivity contribution in [3.8, 4) is 17.1 Å². The number of ether oxygens (including phenoxy) is 1. The highest BCUT2D eigenvalue weighted by Crippen LogP contribution is 2.22. The van der Waals surface area contributed by atoms with Crippen molar-refractivity contribution in [1.29, 1.82) is 0 Å². The number of morpholine rings is 1. The van der Waals surface area contributed by atoms with Crippen molar-refractivity contribution >= 4 is 15.6 Å². The summed E-state index contributed by atoms with van der Waals surface area (Å²) >= 11 is 0. The van der Waals surface area contributed by atoms with Gasteiger partial charge >= 0.3 is 5.69 Å². The van der Waals surface area contributed by atoms with Gasteiger partial charge in [-0.25, -0.2) is 13.2 Å². The third kappa shape index (κ3) is 6.82. The minimum Gasteiger partial charge on any atom is -0.379 e. The fourth-order valence-corrected chi connectivity index (χ4v) is 5.07. The number of carbonyl (C=O) groups excluding carboxylic acids is 1. The molecular formula is C27H34N4O5S. The lowest BCUT2D eigenvalue weighted by atomic mass is 10.1. The normalized spacial score (nSPS) is 14.8. The fraction of sp³-hybridized carbons (Fsp3) is 0.444. The lowest BCUT2D eigenvalue weighted by Crippen LogP contribution is -2.37. The Bertz CT molecular complexity index is 1400. The fourth-order valence-electron chi connectivity index (χ4n) is 4.40. The minimum atomic E-state index is -3.46. The Morgan fingerprint density at radius 3 is 2.43 bits per heavy atom. The van der Waals surface area contributed by atoms with E-state index in [1.807, 2.05) is 38.1 Å². The molecule has 0 atom stereocenters. The third-order valence-corrected chi connectivity index (χ3v) is 7.46. The van der Waals surface area contributed by atoms with Crippen LogP contribution in [0.2, 0.25) is 0 Å². The Morgan fingerprint density at radius 1 is 1.08 bits per heavy atom.